The first kappa shape index (κ1) is 20.0. The van der Waals surface area contributed by atoms with E-state index in [0.717, 1.165) is 0 Å². The fourth-order valence-electron chi connectivity index (χ4n) is 2.06. The van der Waals surface area contributed by atoms with E-state index in [0.29, 0.717) is 4.88 Å². The monoisotopic (exact) mass is 391 g/mol. The molecule has 0 aliphatic carbocycles. The van der Waals surface area contributed by atoms with Crippen LogP contribution in [-0.2, 0) is 14.3 Å². The van der Waals surface area contributed by atoms with Crippen LogP contribution in [0.5, 0.6) is 0 Å². The van der Waals surface area contributed by atoms with Gasteiger partial charge in [-0.15, -0.1) is 11.3 Å². The highest BCUT2D eigenvalue weighted by atomic mass is 32.1. The molecule has 10 heteroatoms. The number of para-hydroxylation sites is 2. The van der Waals surface area contributed by atoms with E-state index in [1.165, 1.54) is 42.5 Å². The lowest BCUT2D eigenvalue weighted by Gasteiger charge is -2.13. The van der Waals surface area contributed by atoms with E-state index < -0.39 is 22.9 Å². The molecule has 1 aromatic carbocycles. The van der Waals surface area contributed by atoms with Crippen LogP contribution in [0.1, 0.15) is 23.0 Å². The van der Waals surface area contributed by atoms with E-state index in [4.69, 9.17) is 4.74 Å². The zero-order valence-corrected chi connectivity index (χ0v) is 15.2. The molecule has 0 spiro atoms. The molecule has 0 bridgehead atoms. The highest BCUT2D eigenvalue weighted by molar-refractivity contribution is 7.12. The quantitative estimate of drug-likeness (QED) is 0.404. The van der Waals surface area contributed by atoms with Crippen molar-refractivity contribution in [2.75, 3.05) is 11.9 Å². The fourth-order valence-corrected chi connectivity index (χ4v) is 2.70. The van der Waals surface area contributed by atoms with Crippen LogP contribution < -0.4 is 10.6 Å². The SMILES string of the molecule is C[C@H](OC(=O)CCNC(=O)c1cccs1)C(=O)Nc1ccccc1[N+](=O)[O-]. The molecule has 1 heterocycles. The molecular weight excluding hydrogens is 374 g/mol. The number of nitro groups is 1. The average molecular weight is 391 g/mol. The number of carbonyl (C=O) groups is 3. The second-order valence-electron chi connectivity index (χ2n) is 5.38. The maximum Gasteiger partial charge on any atom is 0.308 e. The van der Waals surface area contributed by atoms with Gasteiger partial charge in [0.1, 0.15) is 5.69 Å². The molecule has 0 saturated carbocycles. The maximum absolute atomic E-state index is 12.1. The minimum atomic E-state index is -1.15. The van der Waals surface area contributed by atoms with Crippen molar-refractivity contribution in [3.63, 3.8) is 0 Å². The van der Waals surface area contributed by atoms with Gasteiger partial charge in [-0.3, -0.25) is 24.5 Å². The van der Waals surface area contributed by atoms with E-state index in [1.54, 1.807) is 17.5 Å². The van der Waals surface area contributed by atoms with E-state index in [1.807, 2.05) is 0 Å². The molecule has 1 atom stereocenters. The van der Waals surface area contributed by atoms with Crippen molar-refractivity contribution in [2.45, 2.75) is 19.4 Å². The number of hydrogen-bond donors (Lipinski definition) is 2. The van der Waals surface area contributed by atoms with Crippen LogP contribution in [0.2, 0.25) is 0 Å². The van der Waals surface area contributed by atoms with Gasteiger partial charge < -0.3 is 15.4 Å². The Balaban J connectivity index is 1.79. The number of hydrogen-bond acceptors (Lipinski definition) is 7. The summed E-state index contributed by atoms with van der Waals surface area (Å²) >= 11 is 1.28. The van der Waals surface area contributed by atoms with E-state index in [9.17, 15) is 24.5 Å². The van der Waals surface area contributed by atoms with Gasteiger partial charge in [-0.2, -0.15) is 0 Å². The summed E-state index contributed by atoms with van der Waals surface area (Å²) in [4.78, 5) is 46.5. The Morgan fingerprint density at radius 1 is 1.22 bits per heavy atom. The summed E-state index contributed by atoms with van der Waals surface area (Å²) in [5, 5.41) is 17.6. The molecule has 0 radical (unpaired) electrons. The normalized spacial score (nSPS) is 11.3. The molecule has 27 heavy (non-hydrogen) atoms. The summed E-state index contributed by atoms with van der Waals surface area (Å²) in [6.07, 6.45) is -1.26. The van der Waals surface area contributed by atoms with Gasteiger partial charge in [0.25, 0.3) is 17.5 Å². The molecule has 2 aromatic rings. The van der Waals surface area contributed by atoms with Crippen LogP contribution in [0, 0.1) is 10.1 Å². The van der Waals surface area contributed by atoms with Crippen molar-refractivity contribution in [1.82, 2.24) is 5.32 Å². The lowest BCUT2D eigenvalue weighted by atomic mass is 10.2. The number of nitrogens with zero attached hydrogens (tertiary/aromatic N) is 1. The molecule has 2 amide bonds. The number of ether oxygens (including phenoxy) is 1. The predicted octanol–water partition coefficient (Wildman–Crippen LogP) is 2.35. The summed E-state index contributed by atoms with van der Waals surface area (Å²) in [6, 6.07) is 9.04. The smallest absolute Gasteiger partial charge is 0.308 e. The second kappa shape index (κ2) is 9.43. The van der Waals surface area contributed by atoms with Crippen molar-refractivity contribution in [3.05, 3.63) is 56.8 Å². The van der Waals surface area contributed by atoms with Gasteiger partial charge in [0, 0.05) is 12.6 Å². The van der Waals surface area contributed by atoms with Crippen molar-refractivity contribution >= 4 is 40.5 Å². The summed E-state index contributed by atoms with van der Waals surface area (Å²) in [5.41, 5.74) is -0.251. The zero-order valence-electron chi connectivity index (χ0n) is 14.3. The lowest BCUT2D eigenvalue weighted by Crippen LogP contribution is -2.32. The van der Waals surface area contributed by atoms with Gasteiger partial charge in [0.2, 0.25) is 0 Å². The van der Waals surface area contributed by atoms with E-state index in [-0.39, 0.29) is 30.2 Å². The van der Waals surface area contributed by atoms with Gasteiger partial charge in [0.15, 0.2) is 6.10 Å². The first-order chi connectivity index (χ1) is 12.9. The van der Waals surface area contributed by atoms with Crippen molar-refractivity contribution in [2.24, 2.45) is 0 Å². The lowest BCUT2D eigenvalue weighted by molar-refractivity contribution is -0.383. The van der Waals surface area contributed by atoms with Crippen LogP contribution in [0.15, 0.2) is 41.8 Å². The van der Waals surface area contributed by atoms with Crippen molar-refractivity contribution in [3.8, 4) is 0 Å². The third-order valence-electron chi connectivity index (χ3n) is 3.40. The Hall–Kier alpha value is -3.27. The summed E-state index contributed by atoms with van der Waals surface area (Å²) in [5.74, 6) is -1.66. The zero-order chi connectivity index (χ0) is 19.8. The molecule has 2 rings (SSSR count). The van der Waals surface area contributed by atoms with E-state index >= 15 is 0 Å². The first-order valence-corrected chi connectivity index (χ1v) is 8.82. The molecule has 1 aromatic heterocycles. The topological polar surface area (TPSA) is 128 Å². The number of amides is 2. The minimum absolute atomic E-state index is 0.0126. The number of nitrogens with one attached hydrogen (secondary N) is 2. The van der Waals surface area contributed by atoms with Crippen LogP contribution in [-0.4, -0.2) is 35.4 Å². The van der Waals surface area contributed by atoms with Crippen molar-refractivity contribution in [1.29, 1.82) is 0 Å². The van der Waals surface area contributed by atoms with Gasteiger partial charge in [0.05, 0.1) is 16.2 Å². The first-order valence-electron chi connectivity index (χ1n) is 7.94. The number of benzene rings is 1. The van der Waals surface area contributed by atoms with Crippen LogP contribution >= 0.6 is 11.3 Å². The molecule has 0 unspecified atom stereocenters. The van der Waals surface area contributed by atoms with E-state index in [2.05, 4.69) is 10.6 Å². The number of rotatable bonds is 8. The van der Waals surface area contributed by atoms with Crippen molar-refractivity contribution < 1.29 is 24.0 Å². The molecule has 0 fully saturated rings. The summed E-state index contributed by atoms with van der Waals surface area (Å²) in [6.45, 7) is 1.42. The molecule has 0 aliphatic rings. The summed E-state index contributed by atoms with van der Waals surface area (Å²) < 4.78 is 4.99. The van der Waals surface area contributed by atoms with Crippen LogP contribution in [0.25, 0.3) is 0 Å². The number of carbonyl (C=O) groups excluding carboxylic acids is 3. The number of thiophene rings is 1. The fraction of sp³-hybridized carbons (Fsp3) is 0.235. The van der Waals surface area contributed by atoms with Gasteiger partial charge in [-0.25, -0.2) is 0 Å². The highest BCUT2D eigenvalue weighted by Crippen LogP contribution is 2.23. The molecule has 142 valence electrons. The predicted molar refractivity (Wildman–Crippen MR) is 98.5 cm³/mol. The van der Waals surface area contributed by atoms with Gasteiger partial charge in [-0.05, 0) is 24.4 Å². The third kappa shape index (κ3) is 5.89. The number of esters is 1. The van der Waals surface area contributed by atoms with Crippen LogP contribution in [0.3, 0.4) is 0 Å². The Bertz CT molecular complexity index is 837. The van der Waals surface area contributed by atoms with Crippen LogP contribution in [0.4, 0.5) is 11.4 Å². The standard InChI is InChI=1S/C17H17N3O6S/c1-11(16(22)19-12-5-2-3-6-13(12)20(24)25)26-15(21)8-9-18-17(23)14-7-4-10-27-14/h2-7,10-11H,8-9H2,1H3,(H,18,23)(H,19,22)/t11-/m0/s1. The summed E-state index contributed by atoms with van der Waals surface area (Å²) in [7, 11) is 0. The Labute approximate surface area is 158 Å². The van der Waals surface area contributed by atoms with Gasteiger partial charge in [-0.1, -0.05) is 18.2 Å². The Kier molecular flexibility index (Phi) is 7.00. The Morgan fingerprint density at radius 3 is 2.63 bits per heavy atom. The maximum atomic E-state index is 12.1. The largest absolute Gasteiger partial charge is 0.452 e. The number of anilines is 1. The minimum Gasteiger partial charge on any atom is -0.452 e. The molecule has 0 saturated heterocycles. The Morgan fingerprint density at radius 2 is 1.96 bits per heavy atom. The number of nitro benzene ring substituents is 1. The molecule has 9 nitrogen and oxygen atoms in total. The second-order valence-corrected chi connectivity index (χ2v) is 6.33. The third-order valence-corrected chi connectivity index (χ3v) is 4.26. The highest BCUT2D eigenvalue weighted by Gasteiger charge is 2.21. The molecular formula is C17H17N3O6S. The molecule has 0 aliphatic heterocycles. The average Bonchev–Trinajstić information content (AvgIpc) is 3.16. The van der Waals surface area contributed by atoms with Gasteiger partial charge >= 0.3 is 5.97 Å². The molecule has 2 N–H and O–H groups in total.